The van der Waals surface area contributed by atoms with Gasteiger partial charge in [-0.1, -0.05) is 6.07 Å². The van der Waals surface area contributed by atoms with Crippen molar-refractivity contribution in [1.29, 1.82) is 0 Å². The van der Waals surface area contributed by atoms with Crippen molar-refractivity contribution in [2.45, 2.75) is 57.7 Å². The number of carbonyl (C=O) groups is 2. The van der Waals surface area contributed by atoms with Gasteiger partial charge in [-0.15, -0.1) is 0 Å². The van der Waals surface area contributed by atoms with Crippen LogP contribution in [0.4, 0.5) is 18.9 Å². The molecule has 0 spiro atoms. The highest BCUT2D eigenvalue weighted by Gasteiger charge is 2.42. The number of amides is 2. The van der Waals surface area contributed by atoms with Gasteiger partial charge in [0, 0.05) is 56.0 Å². The Balaban J connectivity index is 1.30. The summed E-state index contributed by atoms with van der Waals surface area (Å²) in [5, 5.41) is 2.85. The highest BCUT2D eigenvalue weighted by molar-refractivity contribution is 5.94. The molecule has 35 heavy (non-hydrogen) atoms. The first-order valence-electron chi connectivity index (χ1n) is 12.0. The molecular formula is C26H30F3N3O3. The minimum atomic E-state index is -4.19. The van der Waals surface area contributed by atoms with E-state index in [0.29, 0.717) is 42.9 Å². The van der Waals surface area contributed by atoms with Crippen LogP contribution in [0.2, 0.25) is 0 Å². The number of rotatable bonds is 5. The predicted octanol–water partition coefficient (Wildman–Crippen LogP) is 5.38. The van der Waals surface area contributed by atoms with Crippen LogP contribution in [0.15, 0.2) is 42.7 Å². The van der Waals surface area contributed by atoms with Crippen molar-refractivity contribution >= 4 is 17.5 Å². The van der Waals surface area contributed by atoms with E-state index in [9.17, 15) is 22.8 Å². The van der Waals surface area contributed by atoms with Gasteiger partial charge in [0.05, 0.1) is 11.5 Å². The van der Waals surface area contributed by atoms with E-state index in [1.807, 2.05) is 13.0 Å². The number of pyridine rings is 1. The SMILES string of the molecule is Cc1ccc(NC(=O)[C@H]2CC[C@H](C(F)(F)F)CC2)cc1OC1CCN(C(=O)c2cccnc2)CC1. The lowest BCUT2D eigenvalue weighted by molar-refractivity contribution is -0.184. The molecule has 2 fully saturated rings. The summed E-state index contributed by atoms with van der Waals surface area (Å²) in [7, 11) is 0. The Bertz CT molecular complexity index is 1030. The van der Waals surface area contributed by atoms with Gasteiger partial charge in [0.15, 0.2) is 0 Å². The van der Waals surface area contributed by atoms with E-state index in [0.717, 1.165) is 5.56 Å². The van der Waals surface area contributed by atoms with Gasteiger partial charge in [-0.05, 0) is 56.4 Å². The quantitative estimate of drug-likeness (QED) is 0.612. The summed E-state index contributed by atoms with van der Waals surface area (Å²) in [6.07, 6.45) is 0.780. The fourth-order valence-electron chi connectivity index (χ4n) is 4.76. The molecule has 1 aromatic heterocycles. The molecule has 0 atom stereocenters. The van der Waals surface area contributed by atoms with Crippen molar-refractivity contribution in [3.63, 3.8) is 0 Å². The van der Waals surface area contributed by atoms with Gasteiger partial charge >= 0.3 is 6.18 Å². The zero-order valence-corrected chi connectivity index (χ0v) is 19.7. The average Bonchev–Trinajstić information content (AvgIpc) is 2.86. The van der Waals surface area contributed by atoms with E-state index >= 15 is 0 Å². The number of nitrogens with one attached hydrogen (secondary N) is 1. The molecule has 1 saturated heterocycles. The van der Waals surface area contributed by atoms with Gasteiger partial charge in [-0.25, -0.2) is 0 Å². The first-order chi connectivity index (χ1) is 16.7. The molecule has 1 aromatic carbocycles. The number of ether oxygens (including phenoxy) is 1. The summed E-state index contributed by atoms with van der Waals surface area (Å²) in [5.74, 6) is -1.36. The van der Waals surface area contributed by atoms with Gasteiger partial charge in [-0.3, -0.25) is 14.6 Å². The fraction of sp³-hybridized carbons (Fsp3) is 0.500. The molecule has 2 aliphatic rings. The third-order valence-corrected chi connectivity index (χ3v) is 6.95. The van der Waals surface area contributed by atoms with Crippen LogP contribution in [0.5, 0.6) is 5.75 Å². The number of benzene rings is 1. The predicted molar refractivity (Wildman–Crippen MR) is 125 cm³/mol. The summed E-state index contributed by atoms with van der Waals surface area (Å²) in [4.78, 5) is 31.1. The number of anilines is 1. The zero-order chi connectivity index (χ0) is 25.0. The molecule has 2 heterocycles. The number of aromatic nitrogens is 1. The Morgan fingerprint density at radius 3 is 2.40 bits per heavy atom. The van der Waals surface area contributed by atoms with Crippen molar-refractivity contribution in [3.05, 3.63) is 53.9 Å². The maximum absolute atomic E-state index is 12.9. The molecule has 2 amide bonds. The molecule has 9 heteroatoms. The third kappa shape index (κ3) is 6.32. The van der Waals surface area contributed by atoms with E-state index in [1.165, 1.54) is 0 Å². The maximum Gasteiger partial charge on any atom is 0.391 e. The van der Waals surface area contributed by atoms with Crippen LogP contribution >= 0.6 is 0 Å². The normalized spacial score (nSPS) is 21.4. The number of alkyl halides is 3. The highest BCUT2D eigenvalue weighted by atomic mass is 19.4. The standard InChI is InChI=1S/C26H30F3N3O3/c1-17-4-9-21(31-24(33)18-5-7-20(8-6-18)26(27,28)29)15-23(17)35-22-10-13-32(14-11-22)25(34)19-3-2-12-30-16-19/h2-4,9,12,15-16,18,20,22H,5-8,10-11,13-14H2,1H3,(H,31,33)/t18-,20-. The Hall–Kier alpha value is -3.10. The lowest BCUT2D eigenvalue weighted by Gasteiger charge is -2.32. The minimum Gasteiger partial charge on any atom is -0.490 e. The maximum atomic E-state index is 12.9. The number of halogens is 3. The number of aryl methyl sites for hydroxylation is 1. The van der Waals surface area contributed by atoms with Crippen molar-refractivity contribution in [1.82, 2.24) is 9.88 Å². The number of hydrogen-bond acceptors (Lipinski definition) is 4. The van der Waals surface area contributed by atoms with Crippen molar-refractivity contribution in [2.24, 2.45) is 11.8 Å². The lowest BCUT2D eigenvalue weighted by atomic mass is 9.81. The zero-order valence-electron chi connectivity index (χ0n) is 19.7. The van der Waals surface area contributed by atoms with Crippen LogP contribution in [-0.2, 0) is 4.79 Å². The fourth-order valence-corrected chi connectivity index (χ4v) is 4.76. The van der Waals surface area contributed by atoms with Gasteiger partial charge in [0.25, 0.3) is 5.91 Å². The van der Waals surface area contributed by atoms with E-state index in [-0.39, 0.29) is 43.6 Å². The first-order valence-corrected chi connectivity index (χ1v) is 12.0. The summed E-state index contributed by atoms with van der Waals surface area (Å²) in [6.45, 7) is 3.07. The second kappa shape index (κ2) is 10.7. The molecule has 0 radical (unpaired) electrons. The van der Waals surface area contributed by atoms with Crippen molar-refractivity contribution < 1.29 is 27.5 Å². The number of nitrogens with zero attached hydrogens (tertiary/aromatic N) is 2. The molecule has 1 saturated carbocycles. The van der Waals surface area contributed by atoms with Crippen LogP contribution in [0.1, 0.15) is 54.4 Å². The largest absolute Gasteiger partial charge is 0.490 e. The van der Waals surface area contributed by atoms with Crippen LogP contribution in [0.3, 0.4) is 0 Å². The Kier molecular flexibility index (Phi) is 7.62. The van der Waals surface area contributed by atoms with Crippen LogP contribution < -0.4 is 10.1 Å². The Labute approximate surface area is 202 Å². The molecule has 6 nitrogen and oxygen atoms in total. The summed E-state index contributed by atoms with van der Waals surface area (Å²) in [5.41, 5.74) is 2.05. The van der Waals surface area contributed by atoms with E-state index < -0.39 is 18.0 Å². The van der Waals surface area contributed by atoms with Gasteiger partial charge in [0.2, 0.25) is 5.91 Å². The third-order valence-electron chi connectivity index (χ3n) is 6.95. The second-order valence-corrected chi connectivity index (χ2v) is 9.41. The van der Waals surface area contributed by atoms with E-state index in [4.69, 9.17) is 4.74 Å². The molecule has 0 bridgehead atoms. The number of hydrogen-bond donors (Lipinski definition) is 1. The number of carbonyl (C=O) groups excluding carboxylic acids is 2. The Morgan fingerprint density at radius 2 is 1.77 bits per heavy atom. The van der Waals surface area contributed by atoms with E-state index in [2.05, 4.69) is 10.3 Å². The summed E-state index contributed by atoms with van der Waals surface area (Å²) >= 11 is 0. The average molecular weight is 490 g/mol. The molecule has 1 N–H and O–H groups in total. The smallest absolute Gasteiger partial charge is 0.391 e. The number of likely N-dealkylation sites (tertiary alicyclic amines) is 1. The molecule has 2 aromatic rings. The minimum absolute atomic E-state index is 0.00810. The van der Waals surface area contributed by atoms with Gasteiger partial charge in [-0.2, -0.15) is 13.2 Å². The monoisotopic (exact) mass is 489 g/mol. The Morgan fingerprint density at radius 1 is 1.06 bits per heavy atom. The van der Waals surface area contributed by atoms with Gasteiger partial charge < -0.3 is 15.0 Å². The van der Waals surface area contributed by atoms with Crippen LogP contribution in [0, 0.1) is 18.8 Å². The van der Waals surface area contributed by atoms with Crippen molar-refractivity contribution in [3.8, 4) is 5.75 Å². The van der Waals surface area contributed by atoms with Crippen LogP contribution in [-0.4, -0.2) is 47.1 Å². The molecule has 188 valence electrons. The molecule has 4 rings (SSSR count). The topological polar surface area (TPSA) is 71.5 Å². The lowest BCUT2D eigenvalue weighted by Crippen LogP contribution is -2.41. The first kappa shape index (κ1) is 25.0. The number of piperidine rings is 1. The van der Waals surface area contributed by atoms with E-state index in [1.54, 1.807) is 41.6 Å². The molecular weight excluding hydrogens is 459 g/mol. The summed E-state index contributed by atoms with van der Waals surface area (Å²) < 4.78 is 44.9. The second-order valence-electron chi connectivity index (χ2n) is 9.41. The molecule has 1 aliphatic carbocycles. The van der Waals surface area contributed by atoms with Crippen molar-refractivity contribution in [2.75, 3.05) is 18.4 Å². The molecule has 0 unspecified atom stereocenters. The van der Waals surface area contributed by atoms with Crippen LogP contribution in [0.25, 0.3) is 0 Å². The highest BCUT2D eigenvalue weighted by Crippen LogP contribution is 2.40. The van der Waals surface area contributed by atoms with Gasteiger partial charge in [0.1, 0.15) is 11.9 Å². The summed E-state index contributed by atoms with van der Waals surface area (Å²) in [6, 6.07) is 8.89. The molecule has 1 aliphatic heterocycles.